The predicted octanol–water partition coefficient (Wildman–Crippen LogP) is 8.18. The standard InChI is InChI=1S/C40H44N2O3/c1-22-9-30(18-28-7-8-36(41)25(4)15-28)38(43)32(11-22)20-34-13-24(3)14-35(40(34)45)21-33-12-23(2)10-31(39(33)44)19-29-16-26(5)37(42)27(6)17-29/h7-17,43-45H,18-21,41-42H2,1-6H3. The smallest absolute Gasteiger partial charge is 0.122 e. The molecule has 0 atom stereocenters. The average molecular weight is 601 g/mol. The number of aromatic hydroxyl groups is 3. The molecule has 0 aliphatic rings. The molecule has 5 aromatic rings. The summed E-state index contributed by atoms with van der Waals surface area (Å²) >= 11 is 0. The Balaban J connectivity index is 1.44. The number of nitrogens with two attached hydrogens (primary N) is 2. The van der Waals surface area contributed by atoms with Crippen molar-refractivity contribution in [2.24, 2.45) is 0 Å². The van der Waals surface area contributed by atoms with E-state index in [1.54, 1.807) is 0 Å². The Kier molecular flexibility index (Phi) is 8.83. The lowest BCUT2D eigenvalue weighted by Crippen LogP contribution is -2.01. The highest BCUT2D eigenvalue weighted by atomic mass is 16.3. The summed E-state index contributed by atoms with van der Waals surface area (Å²) < 4.78 is 0. The molecule has 5 heteroatoms. The first-order valence-corrected chi connectivity index (χ1v) is 15.4. The van der Waals surface area contributed by atoms with Crippen molar-refractivity contribution in [3.63, 3.8) is 0 Å². The van der Waals surface area contributed by atoms with Crippen LogP contribution in [0.25, 0.3) is 0 Å². The van der Waals surface area contributed by atoms with Crippen molar-refractivity contribution < 1.29 is 15.3 Å². The molecule has 45 heavy (non-hydrogen) atoms. The van der Waals surface area contributed by atoms with Crippen LogP contribution in [0, 0.1) is 41.5 Å². The number of aryl methyl sites for hydroxylation is 6. The van der Waals surface area contributed by atoms with E-state index in [2.05, 4.69) is 18.2 Å². The quantitative estimate of drug-likeness (QED) is 0.115. The fourth-order valence-corrected chi connectivity index (χ4v) is 6.48. The van der Waals surface area contributed by atoms with Gasteiger partial charge < -0.3 is 26.8 Å². The molecule has 0 saturated heterocycles. The third-order valence-electron chi connectivity index (χ3n) is 8.78. The predicted molar refractivity (Wildman–Crippen MR) is 186 cm³/mol. The zero-order valence-corrected chi connectivity index (χ0v) is 27.2. The van der Waals surface area contributed by atoms with Crippen molar-refractivity contribution in [3.05, 3.63) is 145 Å². The van der Waals surface area contributed by atoms with Gasteiger partial charge in [0.1, 0.15) is 17.2 Å². The van der Waals surface area contributed by atoms with Crippen LogP contribution in [0.5, 0.6) is 17.2 Å². The van der Waals surface area contributed by atoms with E-state index < -0.39 is 0 Å². The molecule has 0 amide bonds. The van der Waals surface area contributed by atoms with E-state index >= 15 is 0 Å². The fourth-order valence-electron chi connectivity index (χ4n) is 6.48. The lowest BCUT2D eigenvalue weighted by Gasteiger charge is -2.17. The van der Waals surface area contributed by atoms with E-state index in [1.165, 1.54) is 0 Å². The maximum Gasteiger partial charge on any atom is 0.122 e. The molecule has 0 radical (unpaired) electrons. The van der Waals surface area contributed by atoms with Crippen molar-refractivity contribution in [3.8, 4) is 17.2 Å². The molecule has 0 spiro atoms. The number of phenolic OH excluding ortho intramolecular Hbond substituents is 3. The highest BCUT2D eigenvalue weighted by Gasteiger charge is 2.18. The highest BCUT2D eigenvalue weighted by molar-refractivity contribution is 5.57. The Morgan fingerprint density at radius 3 is 1.13 bits per heavy atom. The van der Waals surface area contributed by atoms with E-state index in [9.17, 15) is 15.3 Å². The Labute approximate surface area is 266 Å². The van der Waals surface area contributed by atoms with Crippen LogP contribution in [0.1, 0.15) is 77.9 Å². The maximum absolute atomic E-state index is 11.5. The molecule has 0 aliphatic carbocycles. The van der Waals surface area contributed by atoms with Gasteiger partial charge in [0.05, 0.1) is 0 Å². The molecule has 5 rings (SSSR count). The van der Waals surface area contributed by atoms with Crippen LogP contribution in [0.3, 0.4) is 0 Å². The van der Waals surface area contributed by atoms with Crippen molar-refractivity contribution in [2.75, 3.05) is 11.5 Å². The van der Waals surface area contributed by atoms with Crippen LogP contribution in [-0.4, -0.2) is 15.3 Å². The summed E-state index contributed by atoms with van der Waals surface area (Å²) in [6, 6.07) is 22.0. The molecule has 0 aliphatic heterocycles. The summed E-state index contributed by atoms with van der Waals surface area (Å²) in [4.78, 5) is 0. The first-order chi connectivity index (χ1) is 21.3. The van der Waals surface area contributed by atoms with Crippen LogP contribution in [0.4, 0.5) is 11.4 Å². The van der Waals surface area contributed by atoms with Crippen LogP contribution in [-0.2, 0) is 25.7 Å². The van der Waals surface area contributed by atoms with Gasteiger partial charge in [-0.1, -0.05) is 77.4 Å². The lowest BCUT2D eigenvalue weighted by atomic mass is 9.90. The Morgan fingerprint density at radius 1 is 0.422 bits per heavy atom. The molecule has 0 fully saturated rings. The Bertz CT molecular complexity index is 1900. The summed E-state index contributed by atoms with van der Waals surface area (Å²) in [5.74, 6) is 0.671. The third-order valence-corrected chi connectivity index (χ3v) is 8.78. The monoisotopic (exact) mass is 600 g/mol. The van der Waals surface area contributed by atoms with Crippen LogP contribution < -0.4 is 11.5 Å². The van der Waals surface area contributed by atoms with Gasteiger partial charge in [-0.05, 0) is 109 Å². The van der Waals surface area contributed by atoms with Gasteiger partial charge in [0.25, 0.3) is 0 Å². The second-order valence-corrected chi connectivity index (χ2v) is 12.8. The molecule has 5 aromatic carbocycles. The van der Waals surface area contributed by atoms with Crippen LogP contribution in [0.15, 0.2) is 66.7 Å². The average Bonchev–Trinajstić information content (AvgIpc) is 2.96. The summed E-state index contributed by atoms with van der Waals surface area (Å²) in [5, 5.41) is 34.3. The number of benzene rings is 5. The molecule has 0 bridgehead atoms. The van der Waals surface area contributed by atoms with Gasteiger partial charge >= 0.3 is 0 Å². The molecular formula is C40H44N2O3. The SMILES string of the molecule is Cc1cc(Cc2ccc(N)c(C)c2)c(O)c(Cc2cc(C)cc(Cc3cc(C)cc(Cc4cc(C)c(N)c(C)c4)c3O)c2O)c1. The molecule has 0 unspecified atom stereocenters. The van der Waals surface area contributed by atoms with Gasteiger partial charge in [-0.2, -0.15) is 0 Å². The fraction of sp³-hybridized carbons (Fsp3) is 0.250. The maximum atomic E-state index is 11.5. The third kappa shape index (κ3) is 6.93. The van der Waals surface area contributed by atoms with Crippen molar-refractivity contribution in [1.82, 2.24) is 0 Å². The minimum Gasteiger partial charge on any atom is -0.507 e. The summed E-state index contributed by atoms with van der Waals surface area (Å²) in [6.07, 6.45) is 1.92. The van der Waals surface area contributed by atoms with Gasteiger partial charge in [0, 0.05) is 37.1 Å². The van der Waals surface area contributed by atoms with Crippen LogP contribution in [0.2, 0.25) is 0 Å². The molecular weight excluding hydrogens is 556 g/mol. The van der Waals surface area contributed by atoms with Gasteiger partial charge in [-0.3, -0.25) is 0 Å². The molecule has 0 saturated carbocycles. The molecule has 0 aromatic heterocycles. The number of hydrogen-bond donors (Lipinski definition) is 5. The Morgan fingerprint density at radius 2 is 0.756 bits per heavy atom. The highest BCUT2D eigenvalue weighted by Crippen LogP contribution is 2.36. The zero-order chi connectivity index (χ0) is 32.6. The molecule has 5 nitrogen and oxygen atoms in total. The van der Waals surface area contributed by atoms with E-state index in [-0.39, 0.29) is 17.2 Å². The van der Waals surface area contributed by atoms with Gasteiger partial charge in [0.2, 0.25) is 0 Å². The summed E-state index contributed by atoms with van der Waals surface area (Å²) in [5.41, 5.74) is 26.7. The molecule has 232 valence electrons. The van der Waals surface area contributed by atoms with Crippen LogP contribution >= 0.6 is 0 Å². The molecule has 0 heterocycles. The summed E-state index contributed by atoms with van der Waals surface area (Å²) in [7, 11) is 0. The van der Waals surface area contributed by atoms with Gasteiger partial charge in [0.15, 0.2) is 0 Å². The van der Waals surface area contributed by atoms with Crippen molar-refractivity contribution in [1.29, 1.82) is 0 Å². The normalized spacial score (nSPS) is 11.2. The van der Waals surface area contributed by atoms with E-state index in [4.69, 9.17) is 11.5 Å². The zero-order valence-electron chi connectivity index (χ0n) is 27.2. The van der Waals surface area contributed by atoms with E-state index in [0.29, 0.717) is 25.7 Å². The number of anilines is 2. The lowest BCUT2D eigenvalue weighted by molar-refractivity contribution is 0.454. The molecule has 7 N–H and O–H groups in total. The van der Waals surface area contributed by atoms with Crippen molar-refractivity contribution >= 4 is 11.4 Å². The van der Waals surface area contributed by atoms with Crippen molar-refractivity contribution in [2.45, 2.75) is 67.2 Å². The van der Waals surface area contributed by atoms with E-state index in [0.717, 1.165) is 89.3 Å². The summed E-state index contributed by atoms with van der Waals surface area (Å²) in [6.45, 7) is 12.0. The Hall–Kier alpha value is -4.90. The van der Waals surface area contributed by atoms with Gasteiger partial charge in [-0.15, -0.1) is 0 Å². The number of rotatable bonds is 8. The minimum absolute atomic E-state index is 0.185. The minimum atomic E-state index is 0.185. The first kappa shape index (κ1) is 31.5. The largest absolute Gasteiger partial charge is 0.507 e. The second-order valence-electron chi connectivity index (χ2n) is 12.8. The number of phenols is 3. The first-order valence-electron chi connectivity index (χ1n) is 15.4. The van der Waals surface area contributed by atoms with Gasteiger partial charge in [-0.25, -0.2) is 0 Å². The topological polar surface area (TPSA) is 113 Å². The van der Waals surface area contributed by atoms with E-state index in [1.807, 2.05) is 90.1 Å². The second kappa shape index (κ2) is 12.6. The number of hydrogen-bond acceptors (Lipinski definition) is 5. The number of nitrogen functional groups attached to an aromatic ring is 2.